The van der Waals surface area contributed by atoms with Crippen LogP contribution in [0.2, 0.25) is 0 Å². The molecule has 0 unspecified atom stereocenters. The molecule has 5 heteroatoms. The second-order valence-electron chi connectivity index (χ2n) is 4.95. The Morgan fingerprint density at radius 3 is 3.06 bits per heavy atom. The molecular weight excluding hydrogens is 250 g/mol. The van der Waals surface area contributed by atoms with E-state index >= 15 is 0 Å². The Bertz CT molecular complexity index is 406. The van der Waals surface area contributed by atoms with Gasteiger partial charge < -0.3 is 9.84 Å². The highest BCUT2D eigenvalue weighted by Gasteiger charge is 2.43. The molecule has 1 aliphatic rings. The summed E-state index contributed by atoms with van der Waals surface area (Å²) < 4.78 is 5.08. The Morgan fingerprint density at radius 1 is 1.72 bits per heavy atom. The maximum absolute atomic E-state index is 11.8. The average Bonchev–Trinajstić information content (AvgIpc) is 2.83. The highest BCUT2D eigenvalue weighted by atomic mass is 32.1. The van der Waals surface area contributed by atoms with Gasteiger partial charge in [0.25, 0.3) is 0 Å². The minimum atomic E-state index is -0.865. The Balaban J connectivity index is 2.06. The molecule has 4 nitrogen and oxygen atoms in total. The smallest absolute Gasteiger partial charge is 0.309 e. The van der Waals surface area contributed by atoms with E-state index in [2.05, 4.69) is 4.98 Å². The van der Waals surface area contributed by atoms with Gasteiger partial charge in [0.15, 0.2) is 0 Å². The van der Waals surface area contributed by atoms with Crippen molar-refractivity contribution >= 4 is 17.3 Å². The SMILES string of the molecule is CCOC(=O)[C@@H]1CC[C@@](O)(c2nccs2)C[C@@H]1C. The van der Waals surface area contributed by atoms with Gasteiger partial charge in [-0.25, -0.2) is 4.98 Å². The summed E-state index contributed by atoms with van der Waals surface area (Å²) in [5.41, 5.74) is -0.865. The quantitative estimate of drug-likeness (QED) is 0.856. The first kappa shape index (κ1) is 13.5. The van der Waals surface area contributed by atoms with E-state index in [4.69, 9.17) is 4.74 Å². The van der Waals surface area contributed by atoms with Crippen molar-refractivity contribution in [2.24, 2.45) is 11.8 Å². The molecule has 3 atom stereocenters. The lowest BCUT2D eigenvalue weighted by molar-refractivity contribution is -0.154. The summed E-state index contributed by atoms with van der Waals surface area (Å²) in [5.74, 6) is -0.108. The number of rotatable bonds is 3. The van der Waals surface area contributed by atoms with Crippen molar-refractivity contribution in [3.8, 4) is 0 Å². The summed E-state index contributed by atoms with van der Waals surface area (Å²) in [6, 6.07) is 0. The molecule has 1 aromatic rings. The molecule has 1 aliphatic carbocycles. The first-order chi connectivity index (χ1) is 8.57. The summed E-state index contributed by atoms with van der Waals surface area (Å²) in [6.45, 7) is 4.23. The van der Waals surface area contributed by atoms with E-state index in [0.29, 0.717) is 25.9 Å². The zero-order valence-electron chi connectivity index (χ0n) is 10.8. The van der Waals surface area contributed by atoms with E-state index in [9.17, 15) is 9.90 Å². The third-order valence-corrected chi connectivity index (χ3v) is 4.60. The second kappa shape index (κ2) is 5.36. The van der Waals surface area contributed by atoms with Gasteiger partial charge in [0, 0.05) is 11.6 Å². The van der Waals surface area contributed by atoms with Gasteiger partial charge in [-0.2, -0.15) is 0 Å². The van der Waals surface area contributed by atoms with Gasteiger partial charge in [0.1, 0.15) is 10.6 Å². The van der Waals surface area contributed by atoms with Crippen LogP contribution in [0.5, 0.6) is 0 Å². The van der Waals surface area contributed by atoms with Gasteiger partial charge in [-0.05, 0) is 32.1 Å². The molecule has 2 rings (SSSR count). The fraction of sp³-hybridized carbons (Fsp3) is 0.692. The van der Waals surface area contributed by atoms with Crippen LogP contribution < -0.4 is 0 Å². The Kier molecular flexibility index (Phi) is 4.02. The average molecular weight is 269 g/mol. The molecule has 1 saturated carbocycles. The second-order valence-corrected chi connectivity index (χ2v) is 5.84. The number of ether oxygens (including phenoxy) is 1. The highest BCUT2D eigenvalue weighted by molar-refractivity contribution is 7.09. The number of hydrogen-bond donors (Lipinski definition) is 1. The van der Waals surface area contributed by atoms with E-state index in [1.54, 1.807) is 6.20 Å². The standard InChI is InChI=1S/C13H19NO3S/c1-3-17-11(15)10-4-5-13(16,8-9(10)2)12-14-6-7-18-12/h6-7,9-10,16H,3-5,8H2,1-2H3/t9-,10+,13-/m0/s1. The zero-order valence-corrected chi connectivity index (χ0v) is 11.6. The van der Waals surface area contributed by atoms with E-state index in [-0.39, 0.29) is 17.8 Å². The molecule has 0 aromatic carbocycles. The minimum absolute atomic E-state index is 0.0924. The number of thiazole rings is 1. The van der Waals surface area contributed by atoms with Crippen LogP contribution in [-0.4, -0.2) is 22.7 Å². The van der Waals surface area contributed by atoms with Crippen LogP contribution >= 0.6 is 11.3 Å². The zero-order chi connectivity index (χ0) is 13.2. The van der Waals surface area contributed by atoms with E-state index < -0.39 is 5.60 Å². The van der Waals surface area contributed by atoms with Gasteiger partial charge >= 0.3 is 5.97 Å². The fourth-order valence-corrected chi connectivity index (χ4v) is 3.48. The molecule has 1 heterocycles. The summed E-state index contributed by atoms with van der Waals surface area (Å²) >= 11 is 1.47. The highest BCUT2D eigenvalue weighted by Crippen LogP contribution is 2.43. The van der Waals surface area contributed by atoms with E-state index in [1.165, 1.54) is 11.3 Å². The van der Waals surface area contributed by atoms with Crippen molar-refractivity contribution in [2.45, 2.75) is 38.7 Å². The van der Waals surface area contributed by atoms with Crippen molar-refractivity contribution < 1.29 is 14.6 Å². The third kappa shape index (κ3) is 2.57. The number of carbonyl (C=O) groups excluding carboxylic acids is 1. The summed E-state index contributed by atoms with van der Waals surface area (Å²) in [4.78, 5) is 16.0. The van der Waals surface area contributed by atoms with E-state index in [0.717, 1.165) is 5.01 Å². The van der Waals surface area contributed by atoms with Crippen molar-refractivity contribution in [1.29, 1.82) is 0 Å². The van der Waals surface area contributed by atoms with Crippen molar-refractivity contribution in [2.75, 3.05) is 6.61 Å². The van der Waals surface area contributed by atoms with Crippen LogP contribution in [0.15, 0.2) is 11.6 Å². The van der Waals surface area contributed by atoms with Gasteiger partial charge in [0.05, 0.1) is 12.5 Å². The number of aliphatic hydroxyl groups is 1. The minimum Gasteiger partial charge on any atom is -0.466 e. The molecular formula is C13H19NO3S. The Labute approximate surface area is 111 Å². The molecule has 0 spiro atoms. The largest absolute Gasteiger partial charge is 0.466 e. The fourth-order valence-electron chi connectivity index (χ4n) is 2.70. The van der Waals surface area contributed by atoms with Crippen LogP contribution in [0.1, 0.15) is 38.1 Å². The lowest BCUT2D eigenvalue weighted by atomic mass is 9.72. The molecule has 0 saturated heterocycles. The lowest BCUT2D eigenvalue weighted by Crippen LogP contribution is -2.39. The van der Waals surface area contributed by atoms with Crippen LogP contribution in [0.3, 0.4) is 0 Å². The number of nitrogens with zero attached hydrogens (tertiary/aromatic N) is 1. The first-order valence-electron chi connectivity index (χ1n) is 6.36. The number of carbonyl (C=O) groups is 1. The number of aromatic nitrogens is 1. The van der Waals surface area contributed by atoms with Crippen LogP contribution in [0, 0.1) is 11.8 Å². The molecule has 0 aliphatic heterocycles. The number of hydrogen-bond acceptors (Lipinski definition) is 5. The van der Waals surface area contributed by atoms with E-state index in [1.807, 2.05) is 19.2 Å². The van der Waals surface area contributed by atoms with Crippen LogP contribution in [-0.2, 0) is 15.1 Å². The maximum atomic E-state index is 11.8. The monoisotopic (exact) mass is 269 g/mol. The summed E-state index contributed by atoms with van der Waals surface area (Å²) in [6.07, 6.45) is 3.52. The van der Waals surface area contributed by atoms with Crippen molar-refractivity contribution in [1.82, 2.24) is 4.98 Å². The molecule has 1 N–H and O–H groups in total. The van der Waals surface area contributed by atoms with Crippen molar-refractivity contribution in [3.63, 3.8) is 0 Å². The van der Waals surface area contributed by atoms with Crippen LogP contribution in [0.4, 0.5) is 0 Å². The predicted octanol–water partition coefficient (Wildman–Crippen LogP) is 2.33. The summed E-state index contributed by atoms with van der Waals surface area (Å²) in [5, 5.41) is 13.3. The molecule has 1 aromatic heterocycles. The predicted molar refractivity (Wildman–Crippen MR) is 69.1 cm³/mol. The lowest BCUT2D eigenvalue weighted by Gasteiger charge is -2.37. The molecule has 0 radical (unpaired) electrons. The molecule has 18 heavy (non-hydrogen) atoms. The Morgan fingerprint density at radius 2 is 2.50 bits per heavy atom. The van der Waals surface area contributed by atoms with Crippen LogP contribution in [0.25, 0.3) is 0 Å². The first-order valence-corrected chi connectivity index (χ1v) is 7.24. The molecule has 100 valence electrons. The molecule has 0 amide bonds. The van der Waals surface area contributed by atoms with Gasteiger partial charge in [-0.1, -0.05) is 6.92 Å². The molecule has 0 bridgehead atoms. The number of esters is 1. The normalized spacial score (nSPS) is 32.2. The molecule has 1 fully saturated rings. The van der Waals surface area contributed by atoms with Gasteiger partial charge in [0.2, 0.25) is 0 Å². The maximum Gasteiger partial charge on any atom is 0.309 e. The van der Waals surface area contributed by atoms with Gasteiger partial charge in [-0.15, -0.1) is 11.3 Å². The third-order valence-electron chi connectivity index (χ3n) is 3.64. The van der Waals surface area contributed by atoms with Gasteiger partial charge in [-0.3, -0.25) is 4.79 Å². The topological polar surface area (TPSA) is 59.4 Å². The summed E-state index contributed by atoms with van der Waals surface area (Å²) in [7, 11) is 0. The van der Waals surface area contributed by atoms with Crippen molar-refractivity contribution in [3.05, 3.63) is 16.6 Å². The Hall–Kier alpha value is -0.940.